The van der Waals surface area contributed by atoms with Crippen molar-refractivity contribution in [2.45, 2.75) is 6.29 Å². The average Bonchev–Trinajstić information content (AvgIpc) is 2.11. The molecule has 0 spiro atoms. The second-order valence-electron chi connectivity index (χ2n) is 2.26. The molecule has 1 aliphatic heterocycles. The summed E-state index contributed by atoms with van der Waals surface area (Å²) in [5, 5.41) is 10.3. The smallest absolute Gasteiger partial charge is 0.300 e. The van der Waals surface area contributed by atoms with Crippen LogP contribution < -0.4 is 0 Å². The maximum absolute atomic E-state index is 10.3. The molecule has 0 amide bonds. The summed E-state index contributed by atoms with van der Waals surface area (Å²) in [6.07, 6.45) is 2.63. The molecule has 0 aromatic rings. The zero-order chi connectivity index (χ0) is 7.72. The van der Waals surface area contributed by atoms with Crippen molar-refractivity contribution in [1.29, 1.82) is 0 Å². The van der Waals surface area contributed by atoms with Crippen molar-refractivity contribution in [2.75, 3.05) is 14.1 Å². The lowest BCUT2D eigenvalue weighted by Crippen LogP contribution is -2.40. The molecular weight excluding hydrogens is 134 g/mol. The van der Waals surface area contributed by atoms with Gasteiger partial charge in [-0.05, 0) is 0 Å². The molecule has 5 heteroatoms. The van der Waals surface area contributed by atoms with Crippen LogP contribution in [0.15, 0.2) is 12.4 Å². The molecule has 0 saturated carbocycles. The summed E-state index contributed by atoms with van der Waals surface area (Å²) in [6, 6.07) is 0. The molecule has 10 heavy (non-hydrogen) atoms. The Morgan fingerprint density at radius 3 is 2.00 bits per heavy atom. The van der Waals surface area contributed by atoms with Gasteiger partial charge in [0.2, 0.25) is 0 Å². The van der Waals surface area contributed by atoms with Crippen LogP contribution in [0, 0.1) is 10.1 Å². The van der Waals surface area contributed by atoms with Gasteiger partial charge in [-0.1, -0.05) is 0 Å². The molecule has 0 aliphatic carbocycles. The minimum atomic E-state index is -0.722. The van der Waals surface area contributed by atoms with Gasteiger partial charge in [-0.25, -0.2) is 0 Å². The first-order chi connectivity index (χ1) is 4.63. The summed E-state index contributed by atoms with van der Waals surface area (Å²) in [4.78, 5) is 13.1. The van der Waals surface area contributed by atoms with Crippen LogP contribution in [-0.4, -0.2) is 35.1 Å². The summed E-state index contributed by atoms with van der Waals surface area (Å²) >= 11 is 0. The van der Waals surface area contributed by atoms with E-state index in [4.69, 9.17) is 0 Å². The van der Waals surface area contributed by atoms with E-state index >= 15 is 0 Å². The average molecular weight is 143 g/mol. The highest BCUT2D eigenvalue weighted by atomic mass is 16.6. The van der Waals surface area contributed by atoms with E-state index in [0.717, 1.165) is 0 Å². The molecule has 1 aliphatic rings. The van der Waals surface area contributed by atoms with Crippen molar-refractivity contribution >= 4 is 0 Å². The zero-order valence-corrected chi connectivity index (χ0v) is 5.89. The van der Waals surface area contributed by atoms with E-state index in [-0.39, 0.29) is 4.92 Å². The fourth-order valence-corrected chi connectivity index (χ4v) is 0.949. The molecule has 0 saturated heterocycles. The fraction of sp³-hybridized carbons (Fsp3) is 0.600. The van der Waals surface area contributed by atoms with Crippen LogP contribution in [0.25, 0.3) is 0 Å². The fourth-order valence-electron chi connectivity index (χ4n) is 0.949. The van der Waals surface area contributed by atoms with E-state index in [0.29, 0.717) is 0 Å². The van der Waals surface area contributed by atoms with Crippen LogP contribution in [0.1, 0.15) is 0 Å². The lowest BCUT2D eigenvalue weighted by molar-refractivity contribution is -0.566. The Labute approximate surface area is 58.7 Å². The summed E-state index contributed by atoms with van der Waals surface area (Å²) in [7, 11) is 3.35. The predicted molar refractivity (Wildman–Crippen MR) is 35.4 cm³/mol. The Morgan fingerprint density at radius 1 is 1.40 bits per heavy atom. The molecule has 0 unspecified atom stereocenters. The van der Waals surface area contributed by atoms with Crippen LogP contribution in [0.2, 0.25) is 0 Å². The first-order valence-electron chi connectivity index (χ1n) is 2.88. The van der Waals surface area contributed by atoms with Crippen LogP contribution >= 0.6 is 0 Å². The van der Waals surface area contributed by atoms with E-state index in [1.807, 2.05) is 0 Å². The van der Waals surface area contributed by atoms with Gasteiger partial charge in [0.05, 0.1) is 4.92 Å². The second kappa shape index (κ2) is 2.17. The highest BCUT2D eigenvalue weighted by Gasteiger charge is 2.30. The van der Waals surface area contributed by atoms with Crippen molar-refractivity contribution in [3.8, 4) is 0 Å². The number of rotatable bonds is 1. The summed E-state index contributed by atoms with van der Waals surface area (Å²) in [5.41, 5.74) is 0. The van der Waals surface area contributed by atoms with Crippen LogP contribution in [0.4, 0.5) is 0 Å². The summed E-state index contributed by atoms with van der Waals surface area (Å²) < 4.78 is 0. The van der Waals surface area contributed by atoms with Gasteiger partial charge < -0.3 is 0 Å². The highest BCUT2D eigenvalue weighted by Crippen LogP contribution is 2.10. The summed E-state index contributed by atoms with van der Waals surface area (Å²) in [6.45, 7) is 0. The Bertz CT molecular complexity index is 168. The number of hydrogen-bond acceptors (Lipinski definition) is 4. The third kappa shape index (κ3) is 0.896. The Hall–Kier alpha value is -1.26. The van der Waals surface area contributed by atoms with Crippen molar-refractivity contribution in [3.63, 3.8) is 0 Å². The third-order valence-electron chi connectivity index (χ3n) is 1.45. The van der Waals surface area contributed by atoms with Crippen molar-refractivity contribution in [1.82, 2.24) is 9.80 Å². The lowest BCUT2D eigenvalue weighted by atomic mass is 10.7. The monoisotopic (exact) mass is 143 g/mol. The number of nitrogens with zero attached hydrogens (tertiary/aromatic N) is 3. The SMILES string of the molecule is CN1C=CN(C)C1[N+](=O)[O-]. The number of nitro groups is 1. The van der Waals surface area contributed by atoms with Gasteiger partial charge in [-0.2, -0.15) is 0 Å². The molecule has 0 bridgehead atoms. The molecule has 5 nitrogen and oxygen atoms in total. The van der Waals surface area contributed by atoms with Gasteiger partial charge in [-0.3, -0.25) is 19.9 Å². The first-order valence-corrected chi connectivity index (χ1v) is 2.88. The second-order valence-corrected chi connectivity index (χ2v) is 2.26. The molecule has 0 aromatic heterocycles. The molecule has 0 aromatic carbocycles. The van der Waals surface area contributed by atoms with E-state index in [1.165, 1.54) is 0 Å². The highest BCUT2D eigenvalue weighted by molar-refractivity contribution is 4.89. The van der Waals surface area contributed by atoms with E-state index in [2.05, 4.69) is 0 Å². The van der Waals surface area contributed by atoms with E-state index in [1.54, 1.807) is 36.3 Å². The lowest BCUT2D eigenvalue weighted by Gasteiger charge is -2.18. The molecule has 1 rings (SSSR count). The van der Waals surface area contributed by atoms with Crippen LogP contribution in [0.3, 0.4) is 0 Å². The van der Waals surface area contributed by atoms with Gasteiger partial charge in [0.1, 0.15) is 0 Å². The van der Waals surface area contributed by atoms with E-state index < -0.39 is 6.29 Å². The normalized spacial score (nSPS) is 18.6. The number of hydrogen-bond donors (Lipinski definition) is 0. The quantitative estimate of drug-likeness (QED) is 0.380. The molecular formula is C5H9N3O2. The Kier molecular flexibility index (Phi) is 1.48. The van der Waals surface area contributed by atoms with E-state index in [9.17, 15) is 10.1 Å². The minimum absolute atomic E-state index is 0.333. The van der Waals surface area contributed by atoms with Gasteiger partial charge in [-0.15, -0.1) is 0 Å². The summed E-state index contributed by atoms with van der Waals surface area (Å²) in [5.74, 6) is 0. The third-order valence-corrected chi connectivity index (χ3v) is 1.45. The molecule has 0 N–H and O–H groups in total. The topological polar surface area (TPSA) is 49.6 Å². The minimum Gasteiger partial charge on any atom is -0.300 e. The van der Waals surface area contributed by atoms with Crippen molar-refractivity contribution < 1.29 is 4.92 Å². The van der Waals surface area contributed by atoms with Crippen LogP contribution in [0.5, 0.6) is 0 Å². The Balaban J connectivity index is 2.69. The van der Waals surface area contributed by atoms with Crippen molar-refractivity contribution in [2.24, 2.45) is 0 Å². The molecule has 0 radical (unpaired) electrons. The molecule has 1 heterocycles. The zero-order valence-electron chi connectivity index (χ0n) is 5.89. The van der Waals surface area contributed by atoms with Gasteiger partial charge in [0.15, 0.2) is 0 Å². The van der Waals surface area contributed by atoms with Crippen LogP contribution in [-0.2, 0) is 0 Å². The van der Waals surface area contributed by atoms with Crippen molar-refractivity contribution in [3.05, 3.63) is 22.5 Å². The maximum Gasteiger partial charge on any atom is 0.367 e. The maximum atomic E-state index is 10.3. The molecule has 0 fully saturated rings. The predicted octanol–water partition coefficient (Wildman–Crippen LogP) is -0.105. The van der Waals surface area contributed by atoms with Gasteiger partial charge in [0.25, 0.3) is 0 Å². The largest absolute Gasteiger partial charge is 0.367 e. The molecule has 0 atom stereocenters. The Morgan fingerprint density at radius 2 is 1.80 bits per heavy atom. The molecule has 56 valence electrons. The standard InChI is InChI=1S/C5H9N3O2/c1-6-3-4-7(2)5(6)8(9)10/h3-5H,1-2H3. The van der Waals surface area contributed by atoms with Gasteiger partial charge >= 0.3 is 6.29 Å². The first kappa shape index (κ1) is 6.85. The van der Waals surface area contributed by atoms with Gasteiger partial charge in [0, 0.05) is 26.5 Å².